The lowest BCUT2D eigenvalue weighted by atomic mass is 9.89. The number of likely N-dealkylation sites (tertiary alicyclic amines) is 2. The Balaban J connectivity index is 1.58. The molecule has 154 valence electrons. The van der Waals surface area contributed by atoms with Crippen molar-refractivity contribution in [2.75, 3.05) is 32.8 Å². The summed E-state index contributed by atoms with van der Waals surface area (Å²) in [7, 11) is 0. The van der Waals surface area contributed by atoms with E-state index in [1.165, 1.54) is 6.07 Å². The summed E-state index contributed by atoms with van der Waals surface area (Å²) in [6, 6.07) is 6.40. The number of benzene rings is 1. The molecule has 1 aromatic rings. The Morgan fingerprint density at radius 1 is 1.29 bits per heavy atom. The molecule has 2 heterocycles. The average molecular weight is 392 g/mol. The van der Waals surface area contributed by atoms with E-state index in [-0.39, 0.29) is 36.7 Å². The van der Waals surface area contributed by atoms with Crippen LogP contribution in [0.2, 0.25) is 0 Å². The van der Waals surface area contributed by atoms with Crippen LogP contribution in [0, 0.1) is 11.7 Å². The Kier molecular flexibility index (Phi) is 6.67. The summed E-state index contributed by atoms with van der Waals surface area (Å²) < 4.78 is 19.0. The lowest BCUT2D eigenvalue weighted by molar-refractivity contribution is -0.161. The van der Waals surface area contributed by atoms with Gasteiger partial charge in [0.1, 0.15) is 5.82 Å². The molecule has 1 unspecified atom stereocenters. The third-order valence-electron chi connectivity index (χ3n) is 5.72. The molecule has 1 amide bonds. The molecule has 0 spiro atoms. The van der Waals surface area contributed by atoms with Crippen molar-refractivity contribution >= 4 is 11.9 Å². The highest BCUT2D eigenvalue weighted by Crippen LogP contribution is 2.28. The van der Waals surface area contributed by atoms with Crippen LogP contribution >= 0.6 is 0 Å². The Morgan fingerprint density at radius 3 is 2.68 bits per heavy atom. The van der Waals surface area contributed by atoms with Gasteiger partial charge in [0.25, 0.3) is 5.91 Å². The fraction of sp³-hybridized carbons (Fsp3) is 0.619. The summed E-state index contributed by atoms with van der Waals surface area (Å²) in [5.41, 5.74) is -1.00. The predicted octanol–water partition coefficient (Wildman–Crippen LogP) is 1.95. The molecule has 2 saturated heterocycles. The highest BCUT2D eigenvalue weighted by atomic mass is 19.1. The number of nitrogens with zero attached hydrogens (tertiary/aromatic N) is 2. The number of hydrogen-bond acceptors (Lipinski definition) is 5. The van der Waals surface area contributed by atoms with Crippen LogP contribution in [0.3, 0.4) is 0 Å². The molecular formula is C21H29FN2O4. The second kappa shape index (κ2) is 9.01. The number of carbonyl (C=O) groups is 2. The summed E-state index contributed by atoms with van der Waals surface area (Å²) in [6.07, 6.45) is 2.41. The molecular weight excluding hydrogens is 363 g/mol. The van der Waals surface area contributed by atoms with Gasteiger partial charge in [-0.3, -0.25) is 14.5 Å². The number of carbonyl (C=O) groups excluding carboxylic acids is 2. The first-order valence-electron chi connectivity index (χ1n) is 10.1. The van der Waals surface area contributed by atoms with Gasteiger partial charge in [0.2, 0.25) is 0 Å². The van der Waals surface area contributed by atoms with E-state index in [1.807, 2.05) is 4.90 Å². The molecule has 2 fully saturated rings. The van der Waals surface area contributed by atoms with Crippen molar-refractivity contribution in [3.8, 4) is 0 Å². The zero-order valence-electron chi connectivity index (χ0n) is 16.4. The van der Waals surface area contributed by atoms with Gasteiger partial charge in [-0.2, -0.15) is 0 Å². The zero-order chi connectivity index (χ0) is 20.1. The van der Waals surface area contributed by atoms with Crippen LogP contribution in [-0.4, -0.2) is 65.2 Å². The van der Waals surface area contributed by atoms with E-state index >= 15 is 0 Å². The molecule has 2 aliphatic rings. The number of piperidine rings is 2. The van der Waals surface area contributed by atoms with Crippen molar-refractivity contribution in [2.24, 2.45) is 5.92 Å². The van der Waals surface area contributed by atoms with E-state index in [4.69, 9.17) is 4.74 Å². The van der Waals surface area contributed by atoms with E-state index in [0.29, 0.717) is 57.5 Å². The monoisotopic (exact) mass is 392 g/mol. The molecule has 1 atom stereocenters. The molecule has 28 heavy (non-hydrogen) atoms. The van der Waals surface area contributed by atoms with Gasteiger partial charge >= 0.3 is 5.97 Å². The lowest BCUT2D eigenvalue weighted by Crippen LogP contribution is -2.59. The Bertz CT molecular complexity index is 705. The van der Waals surface area contributed by atoms with E-state index in [2.05, 4.69) is 0 Å². The molecule has 7 heteroatoms. The Morgan fingerprint density at radius 2 is 2.00 bits per heavy atom. The molecule has 0 aliphatic carbocycles. The summed E-state index contributed by atoms with van der Waals surface area (Å²) in [6.45, 7) is 4.39. The maximum atomic E-state index is 13.9. The van der Waals surface area contributed by atoms with Crippen molar-refractivity contribution in [3.63, 3.8) is 0 Å². The molecule has 0 bridgehead atoms. The number of halogens is 1. The predicted molar refractivity (Wildman–Crippen MR) is 102 cm³/mol. The topological polar surface area (TPSA) is 70.1 Å². The number of hydrogen-bond donors (Lipinski definition) is 1. The van der Waals surface area contributed by atoms with Crippen LogP contribution in [-0.2, 0) is 20.9 Å². The molecule has 1 N–H and O–H groups in total. The molecule has 0 aromatic heterocycles. The molecule has 1 aromatic carbocycles. The smallest absolute Gasteiger partial charge is 0.309 e. The van der Waals surface area contributed by atoms with Crippen LogP contribution in [0.1, 0.15) is 38.2 Å². The van der Waals surface area contributed by atoms with E-state index in [0.717, 1.165) is 0 Å². The van der Waals surface area contributed by atoms with E-state index in [1.54, 1.807) is 30.0 Å². The van der Waals surface area contributed by atoms with Crippen molar-refractivity contribution in [3.05, 3.63) is 35.6 Å². The molecule has 3 rings (SSSR count). The van der Waals surface area contributed by atoms with Crippen LogP contribution in [0.25, 0.3) is 0 Å². The summed E-state index contributed by atoms with van der Waals surface area (Å²) in [5, 5.41) is 11.1. The molecule has 6 nitrogen and oxygen atoms in total. The summed E-state index contributed by atoms with van der Waals surface area (Å²) >= 11 is 0. The van der Waals surface area contributed by atoms with Gasteiger partial charge in [-0.15, -0.1) is 0 Å². The van der Waals surface area contributed by atoms with Crippen molar-refractivity contribution in [1.82, 2.24) is 9.80 Å². The fourth-order valence-electron chi connectivity index (χ4n) is 4.15. The number of amides is 1. The second-order valence-electron chi connectivity index (χ2n) is 7.76. The first kappa shape index (κ1) is 20.7. The van der Waals surface area contributed by atoms with Crippen LogP contribution < -0.4 is 0 Å². The SMILES string of the molecule is CCOC(=O)C1CCN(CC2(O)CCCN(Cc3ccccc3F)C2=O)CC1. The largest absolute Gasteiger partial charge is 0.466 e. The highest BCUT2D eigenvalue weighted by Gasteiger charge is 2.44. The van der Waals surface area contributed by atoms with Crippen LogP contribution in [0.15, 0.2) is 24.3 Å². The minimum Gasteiger partial charge on any atom is -0.466 e. The second-order valence-corrected chi connectivity index (χ2v) is 7.76. The van der Waals surface area contributed by atoms with Gasteiger partial charge in [0.05, 0.1) is 12.5 Å². The first-order valence-corrected chi connectivity index (χ1v) is 10.1. The minimum absolute atomic E-state index is 0.106. The third-order valence-corrected chi connectivity index (χ3v) is 5.72. The van der Waals surface area contributed by atoms with Crippen molar-refractivity contribution in [2.45, 2.75) is 44.8 Å². The van der Waals surface area contributed by atoms with Crippen molar-refractivity contribution < 1.29 is 23.8 Å². The van der Waals surface area contributed by atoms with Gasteiger partial charge in [0, 0.05) is 25.2 Å². The molecule has 0 saturated carbocycles. The van der Waals surface area contributed by atoms with Crippen LogP contribution in [0.4, 0.5) is 4.39 Å². The average Bonchev–Trinajstić information content (AvgIpc) is 2.68. The van der Waals surface area contributed by atoms with Gasteiger partial charge in [-0.1, -0.05) is 18.2 Å². The normalized spacial score (nSPS) is 24.4. The maximum Gasteiger partial charge on any atom is 0.309 e. The minimum atomic E-state index is -1.46. The van der Waals surface area contributed by atoms with Gasteiger partial charge < -0.3 is 14.7 Å². The quantitative estimate of drug-likeness (QED) is 0.750. The molecule has 0 radical (unpaired) electrons. The number of aliphatic hydroxyl groups is 1. The Labute approximate surface area is 165 Å². The van der Waals surface area contributed by atoms with Gasteiger partial charge in [0.15, 0.2) is 5.60 Å². The first-order chi connectivity index (χ1) is 13.4. The maximum absolute atomic E-state index is 13.9. The van der Waals surface area contributed by atoms with Gasteiger partial charge in [-0.05, 0) is 51.8 Å². The fourth-order valence-corrected chi connectivity index (χ4v) is 4.15. The third kappa shape index (κ3) is 4.70. The lowest BCUT2D eigenvalue weighted by Gasteiger charge is -2.42. The Hall–Kier alpha value is -1.99. The zero-order valence-corrected chi connectivity index (χ0v) is 16.4. The van der Waals surface area contributed by atoms with Gasteiger partial charge in [-0.25, -0.2) is 4.39 Å². The van der Waals surface area contributed by atoms with E-state index in [9.17, 15) is 19.1 Å². The summed E-state index contributed by atoms with van der Waals surface area (Å²) in [4.78, 5) is 28.4. The molecule has 2 aliphatic heterocycles. The summed E-state index contributed by atoms with van der Waals surface area (Å²) in [5.74, 6) is -0.948. The number of esters is 1. The standard InChI is InChI=1S/C21H29FN2O4/c1-2-28-19(25)16-8-12-23(13-9-16)15-21(27)10-5-11-24(20(21)26)14-17-6-3-4-7-18(17)22/h3-4,6-7,16,27H,2,5,8-15H2,1H3. The number of β-amino-alcohol motifs (C(OH)–C–C–N with tert-alkyl or cyclic N) is 1. The van der Waals surface area contributed by atoms with Crippen molar-refractivity contribution in [1.29, 1.82) is 0 Å². The van der Waals surface area contributed by atoms with E-state index < -0.39 is 5.60 Å². The number of ether oxygens (including phenoxy) is 1. The number of rotatable bonds is 6. The highest BCUT2D eigenvalue weighted by molar-refractivity contribution is 5.86. The van der Waals surface area contributed by atoms with Crippen LogP contribution in [0.5, 0.6) is 0 Å².